The van der Waals surface area contributed by atoms with Crippen molar-refractivity contribution in [2.45, 2.75) is 0 Å². The molecule has 5 heteroatoms. The third kappa shape index (κ3) is 2.93. The number of aromatic nitrogens is 1. The average Bonchev–Trinajstić information content (AvgIpc) is 2.65. The highest BCUT2D eigenvalue weighted by Crippen LogP contribution is 2.36. The van der Waals surface area contributed by atoms with E-state index in [0.29, 0.717) is 22.4 Å². The van der Waals surface area contributed by atoms with Gasteiger partial charge in [0, 0.05) is 22.7 Å². The number of methoxy groups -OCH3 is 1. The number of fused-ring (bicyclic) bond motifs is 1. The Balaban J connectivity index is 2.45. The predicted molar refractivity (Wildman–Crippen MR) is 94.0 cm³/mol. The highest BCUT2D eigenvalue weighted by molar-refractivity contribution is 6.08. The molecule has 0 amide bonds. The number of nitriles is 1. The number of para-hydroxylation sites is 2. The van der Waals surface area contributed by atoms with Crippen molar-refractivity contribution in [2.75, 3.05) is 7.11 Å². The third-order valence-electron chi connectivity index (χ3n) is 3.87. The summed E-state index contributed by atoms with van der Waals surface area (Å²) in [6.45, 7) is 0. The largest absolute Gasteiger partial charge is 0.496 e. The number of carboxylic acid groups (broad SMARTS) is 1. The molecule has 0 radical (unpaired) electrons. The monoisotopic (exact) mass is 330 g/mol. The van der Waals surface area contributed by atoms with Crippen LogP contribution in [0.5, 0.6) is 5.75 Å². The second-order valence-electron chi connectivity index (χ2n) is 5.24. The van der Waals surface area contributed by atoms with Crippen molar-refractivity contribution in [3.05, 3.63) is 77.5 Å². The molecule has 0 bridgehead atoms. The minimum atomic E-state index is -1.29. The summed E-state index contributed by atoms with van der Waals surface area (Å²) >= 11 is 0. The molecule has 5 nitrogen and oxygen atoms in total. The lowest BCUT2D eigenvalue weighted by Crippen LogP contribution is -2.05. The van der Waals surface area contributed by atoms with Crippen LogP contribution >= 0.6 is 0 Å². The van der Waals surface area contributed by atoms with E-state index in [4.69, 9.17) is 4.74 Å². The number of hydrogen-bond donors (Lipinski definition) is 1. The standard InChI is InChI=1S/C20H14N2O3/c1-25-18-9-5-3-7-15(18)19(16(12-21)20(23)24)14-10-11-22-17-8-4-2-6-13(14)17/h2-11H,1H3,(H,23,24). The van der Waals surface area contributed by atoms with E-state index >= 15 is 0 Å². The van der Waals surface area contributed by atoms with Crippen molar-refractivity contribution in [2.24, 2.45) is 0 Å². The van der Waals surface area contributed by atoms with E-state index in [-0.39, 0.29) is 5.57 Å². The Labute approximate surface area is 144 Å². The van der Waals surface area contributed by atoms with Crippen LogP contribution in [0, 0.1) is 11.3 Å². The summed E-state index contributed by atoms with van der Waals surface area (Å²) in [5, 5.41) is 19.8. The molecule has 1 heterocycles. The first-order valence-electron chi connectivity index (χ1n) is 7.52. The maximum absolute atomic E-state index is 11.7. The summed E-state index contributed by atoms with van der Waals surface area (Å²) in [5.74, 6) is -0.795. The SMILES string of the molecule is COc1ccccc1C(=C(C#N)C(=O)O)c1ccnc2ccccc12. The van der Waals surface area contributed by atoms with Gasteiger partial charge in [0.05, 0.1) is 12.6 Å². The van der Waals surface area contributed by atoms with E-state index in [1.165, 1.54) is 7.11 Å². The zero-order chi connectivity index (χ0) is 17.8. The van der Waals surface area contributed by atoms with Gasteiger partial charge in [-0.05, 0) is 23.8 Å². The van der Waals surface area contributed by atoms with Gasteiger partial charge in [0.25, 0.3) is 0 Å². The summed E-state index contributed by atoms with van der Waals surface area (Å²) in [5.41, 5.74) is 1.84. The van der Waals surface area contributed by atoms with Crippen LogP contribution in [0.15, 0.2) is 66.4 Å². The van der Waals surface area contributed by atoms with Crippen molar-refractivity contribution in [3.63, 3.8) is 0 Å². The Bertz CT molecular complexity index is 1030. The molecule has 1 aromatic heterocycles. The normalized spacial score (nSPS) is 11.5. The van der Waals surface area contributed by atoms with Gasteiger partial charge in [-0.25, -0.2) is 4.79 Å². The highest BCUT2D eigenvalue weighted by Gasteiger charge is 2.22. The minimum absolute atomic E-state index is 0.311. The molecule has 0 aliphatic heterocycles. The first kappa shape index (κ1) is 16.2. The lowest BCUT2D eigenvalue weighted by atomic mass is 9.90. The molecule has 0 saturated heterocycles. The van der Waals surface area contributed by atoms with Crippen LogP contribution in [-0.2, 0) is 4.79 Å². The van der Waals surface area contributed by atoms with E-state index in [1.807, 2.05) is 30.3 Å². The van der Waals surface area contributed by atoms with Crippen LogP contribution in [0.25, 0.3) is 16.5 Å². The number of carboxylic acids is 1. The van der Waals surface area contributed by atoms with Crippen molar-refractivity contribution < 1.29 is 14.6 Å². The Hall–Kier alpha value is -3.65. The molecule has 0 atom stereocenters. The Morgan fingerprint density at radius 1 is 1.08 bits per heavy atom. The Morgan fingerprint density at radius 3 is 2.52 bits per heavy atom. The fourth-order valence-corrected chi connectivity index (χ4v) is 2.79. The van der Waals surface area contributed by atoms with Crippen LogP contribution in [0.1, 0.15) is 11.1 Å². The predicted octanol–water partition coefficient (Wildman–Crippen LogP) is 3.65. The Morgan fingerprint density at radius 2 is 1.80 bits per heavy atom. The molecule has 3 aromatic rings. The van der Waals surface area contributed by atoms with Crippen LogP contribution < -0.4 is 4.74 Å². The highest BCUT2D eigenvalue weighted by atomic mass is 16.5. The van der Waals surface area contributed by atoms with Crippen molar-refractivity contribution in [1.82, 2.24) is 4.98 Å². The zero-order valence-corrected chi connectivity index (χ0v) is 13.4. The summed E-state index contributed by atoms with van der Waals surface area (Å²) in [7, 11) is 1.51. The first-order chi connectivity index (χ1) is 12.2. The van der Waals surface area contributed by atoms with E-state index in [0.717, 1.165) is 10.9 Å². The van der Waals surface area contributed by atoms with Crippen LogP contribution in [0.2, 0.25) is 0 Å². The Kier molecular flexibility index (Phi) is 4.44. The fraction of sp³-hybridized carbons (Fsp3) is 0.0500. The second kappa shape index (κ2) is 6.85. The van der Waals surface area contributed by atoms with Gasteiger partial charge in [0.2, 0.25) is 0 Å². The lowest BCUT2D eigenvalue weighted by Gasteiger charge is -2.15. The zero-order valence-electron chi connectivity index (χ0n) is 13.4. The van der Waals surface area contributed by atoms with E-state index in [9.17, 15) is 15.2 Å². The molecule has 2 aromatic carbocycles. The number of nitrogens with zero attached hydrogens (tertiary/aromatic N) is 2. The first-order valence-corrected chi connectivity index (χ1v) is 7.52. The molecule has 122 valence electrons. The molecule has 3 rings (SSSR count). The molecule has 0 fully saturated rings. The molecule has 0 aliphatic rings. The van der Waals surface area contributed by atoms with Gasteiger partial charge in [-0.1, -0.05) is 36.4 Å². The maximum Gasteiger partial charge on any atom is 0.347 e. The van der Waals surface area contributed by atoms with Gasteiger partial charge in [-0.2, -0.15) is 5.26 Å². The number of ether oxygens (including phenoxy) is 1. The molecule has 0 saturated carbocycles. The van der Waals surface area contributed by atoms with Gasteiger partial charge >= 0.3 is 5.97 Å². The third-order valence-corrected chi connectivity index (χ3v) is 3.87. The lowest BCUT2D eigenvalue weighted by molar-refractivity contribution is -0.132. The minimum Gasteiger partial charge on any atom is -0.496 e. The quantitative estimate of drug-likeness (QED) is 0.583. The van der Waals surface area contributed by atoms with Crippen molar-refractivity contribution in [3.8, 4) is 11.8 Å². The van der Waals surface area contributed by atoms with Crippen LogP contribution in [0.3, 0.4) is 0 Å². The van der Waals surface area contributed by atoms with Crippen LogP contribution in [-0.4, -0.2) is 23.2 Å². The summed E-state index contributed by atoms with van der Waals surface area (Å²) in [6, 6.07) is 18.0. The van der Waals surface area contributed by atoms with Gasteiger partial charge < -0.3 is 9.84 Å². The summed E-state index contributed by atoms with van der Waals surface area (Å²) in [6.07, 6.45) is 1.60. The number of pyridine rings is 1. The second-order valence-corrected chi connectivity index (χ2v) is 5.24. The van der Waals surface area contributed by atoms with Gasteiger partial charge in [-0.3, -0.25) is 4.98 Å². The number of benzene rings is 2. The average molecular weight is 330 g/mol. The molecular weight excluding hydrogens is 316 g/mol. The molecule has 0 unspecified atom stereocenters. The maximum atomic E-state index is 11.7. The number of rotatable bonds is 4. The molecule has 0 spiro atoms. The van der Waals surface area contributed by atoms with Gasteiger partial charge in [0.1, 0.15) is 17.4 Å². The van der Waals surface area contributed by atoms with E-state index in [2.05, 4.69) is 4.98 Å². The number of aliphatic carboxylic acids is 1. The van der Waals surface area contributed by atoms with Crippen LogP contribution in [0.4, 0.5) is 0 Å². The van der Waals surface area contributed by atoms with E-state index < -0.39 is 5.97 Å². The van der Waals surface area contributed by atoms with E-state index in [1.54, 1.807) is 36.5 Å². The summed E-state index contributed by atoms with van der Waals surface area (Å²) in [4.78, 5) is 16.0. The molecule has 1 N–H and O–H groups in total. The molecule has 0 aliphatic carbocycles. The smallest absolute Gasteiger partial charge is 0.347 e. The molecule has 25 heavy (non-hydrogen) atoms. The molecular formula is C20H14N2O3. The van der Waals surface area contributed by atoms with Crippen molar-refractivity contribution in [1.29, 1.82) is 5.26 Å². The number of carbonyl (C=O) groups is 1. The number of hydrogen-bond acceptors (Lipinski definition) is 4. The fourth-order valence-electron chi connectivity index (χ4n) is 2.79. The van der Waals surface area contributed by atoms with Crippen molar-refractivity contribution >= 4 is 22.4 Å². The van der Waals surface area contributed by atoms with Gasteiger partial charge in [0.15, 0.2) is 0 Å². The van der Waals surface area contributed by atoms with Gasteiger partial charge in [-0.15, -0.1) is 0 Å². The summed E-state index contributed by atoms with van der Waals surface area (Å²) < 4.78 is 5.38. The topological polar surface area (TPSA) is 83.2 Å².